The number of hydrogen-bond acceptors (Lipinski definition) is 3. The van der Waals surface area contributed by atoms with Crippen LogP contribution in [0.15, 0.2) is 66.7 Å². The van der Waals surface area contributed by atoms with Crippen LogP contribution in [0, 0.1) is 11.3 Å². The van der Waals surface area contributed by atoms with E-state index in [1.54, 1.807) is 18.2 Å². The highest BCUT2D eigenvalue weighted by molar-refractivity contribution is 5.92. The normalized spacial score (nSPS) is 10.7. The molecule has 0 atom stereocenters. The van der Waals surface area contributed by atoms with Gasteiger partial charge in [-0.1, -0.05) is 108 Å². The minimum Gasteiger partial charge on any atom is -0.422 e. The first kappa shape index (κ1) is 28.2. The van der Waals surface area contributed by atoms with E-state index in [4.69, 9.17) is 4.74 Å². The van der Waals surface area contributed by atoms with Crippen molar-refractivity contribution in [1.82, 2.24) is 0 Å². The van der Waals surface area contributed by atoms with Gasteiger partial charge in [0.1, 0.15) is 11.8 Å². The van der Waals surface area contributed by atoms with Gasteiger partial charge in [0.2, 0.25) is 0 Å². The molecule has 0 unspecified atom stereocenters. The molecule has 0 aromatic heterocycles. The van der Waals surface area contributed by atoms with Gasteiger partial charge in [-0.15, -0.1) is 0 Å². The number of carbonyl (C=O) groups is 1. The lowest BCUT2D eigenvalue weighted by Crippen LogP contribution is -2.09. The number of hydrogen-bond donors (Lipinski definition) is 0. The van der Waals surface area contributed by atoms with E-state index in [1.165, 1.54) is 63.4 Å². The maximum absolute atomic E-state index is 12.8. The Balaban J connectivity index is 1.54. The van der Waals surface area contributed by atoms with E-state index in [1.807, 2.05) is 24.3 Å². The van der Waals surface area contributed by atoms with Crippen molar-refractivity contribution in [3.05, 3.63) is 89.0 Å². The van der Waals surface area contributed by atoms with Crippen LogP contribution < -0.4 is 4.74 Å². The number of unbranched alkanes of at least 4 members (excludes halogenated alkanes) is 8. The second kappa shape index (κ2) is 15.7. The molecule has 0 radical (unpaired) electrons. The molecule has 0 aliphatic heterocycles. The third-order valence-corrected chi connectivity index (χ3v) is 6.91. The SMILES string of the molecule is CCCCCCCCCc1ccc(OC(=O)c2ccc(-c3ccc(CCCCC)cc3)cc2)c(C#N)c1. The number of rotatable bonds is 15. The molecule has 3 heteroatoms. The van der Waals surface area contributed by atoms with Crippen LogP contribution in [0.3, 0.4) is 0 Å². The van der Waals surface area contributed by atoms with Crippen molar-refractivity contribution in [3.63, 3.8) is 0 Å². The summed E-state index contributed by atoms with van der Waals surface area (Å²) in [7, 11) is 0. The molecular formula is C34H41NO2. The summed E-state index contributed by atoms with van der Waals surface area (Å²) >= 11 is 0. The van der Waals surface area contributed by atoms with Gasteiger partial charge in [-0.25, -0.2) is 4.79 Å². The molecule has 0 amide bonds. The third-order valence-electron chi connectivity index (χ3n) is 6.91. The zero-order valence-electron chi connectivity index (χ0n) is 22.6. The Morgan fingerprint density at radius 1 is 0.676 bits per heavy atom. The van der Waals surface area contributed by atoms with E-state index < -0.39 is 5.97 Å². The zero-order valence-corrected chi connectivity index (χ0v) is 22.6. The Morgan fingerprint density at radius 2 is 1.19 bits per heavy atom. The quantitative estimate of drug-likeness (QED) is 0.120. The smallest absolute Gasteiger partial charge is 0.343 e. The molecule has 0 aliphatic rings. The second-order valence-electron chi connectivity index (χ2n) is 9.93. The summed E-state index contributed by atoms with van der Waals surface area (Å²) in [6.07, 6.45) is 14.6. The number of ether oxygens (including phenoxy) is 1. The van der Waals surface area contributed by atoms with E-state index in [-0.39, 0.29) is 0 Å². The summed E-state index contributed by atoms with van der Waals surface area (Å²) < 4.78 is 5.60. The Kier molecular flexibility index (Phi) is 11.9. The van der Waals surface area contributed by atoms with Gasteiger partial charge in [-0.2, -0.15) is 5.26 Å². The third kappa shape index (κ3) is 9.21. The molecule has 0 saturated carbocycles. The van der Waals surface area contributed by atoms with Crippen LogP contribution in [-0.4, -0.2) is 5.97 Å². The highest BCUT2D eigenvalue weighted by Crippen LogP contribution is 2.24. The molecule has 0 aliphatic carbocycles. The van der Waals surface area contributed by atoms with Gasteiger partial charge < -0.3 is 4.74 Å². The largest absolute Gasteiger partial charge is 0.422 e. The molecule has 3 nitrogen and oxygen atoms in total. The Morgan fingerprint density at radius 3 is 1.84 bits per heavy atom. The van der Waals surface area contributed by atoms with Crippen LogP contribution >= 0.6 is 0 Å². The Hall–Kier alpha value is -3.38. The molecule has 3 aromatic carbocycles. The fraction of sp³-hybridized carbons (Fsp3) is 0.412. The van der Waals surface area contributed by atoms with E-state index in [0.717, 1.165) is 36.0 Å². The van der Waals surface area contributed by atoms with Crippen LogP contribution in [0.2, 0.25) is 0 Å². The molecular weight excluding hydrogens is 454 g/mol. The minimum atomic E-state index is -0.450. The van der Waals surface area contributed by atoms with Gasteiger partial charge in [-0.3, -0.25) is 0 Å². The van der Waals surface area contributed by atoms with Crippen molar-refractivity contribution in [3.8, 4) is 22.9 Å². The van der Waals surface area contributed by atoms with Gasteiger partial charge in [0, 0.05) is 0 Å². The van der Waals surface area contributed by atoms with Crippen molar-refractivity contribution in [1.29, 1.82) is 5.26 Å². The minimum absolute atomic E-state index is 0.318. The number of aryl methyl sites for hydroxylation is 2. The van der Waals surface area contributed by atoms with Crippen molar-refractivity contribution >= 4 is 5.97 Å². The van der Waals surface area contributed by atoms with Gasteiger partial charge in [0.05, 0.1) is 11.1 Å². The average Bonchev–Trinajstić information content (AvgIpc) is 2.94. The number of benzene rings is 3. The predicted molar refractivity (Wildman–Crippen MR) is 153 cm³/mol. The fourth-order valence-electron chi connectivity index (χ4n) is 4.60. The zero-order chi connectivity index (χ0) is 26.3. The van der Waals surface area contributed by atoms with Crippen LogP contribution in [-0.2, 0) is 12.8 Å². The van der Waals surface area contributed by atoms with Gasteiger partial charge in [0.15, 0.2) is 0 Å². The molecule has 3 aromatic rings. The summed E-state index contributed by atoms with van der Waals surface area (Å²) in [6, 6.07) is 23.9. The number of esters is 1. The molecule has 0 heterocycles. The van der Waals surface area contributed by atoms with Crippen molar-refractivity contribution in [2.75, 3.05) is 0 Å². The number of nitriles is 1. The molecule has 0 spiro atoms. The summed E-state index contributed by atoms with van der Waals surface area (Å²) in [6.45, 7) is 4.46. The topological polar surface area (TPSA) is 50.1 Å². The van der Waals surface area contributed by atoms with E-state index in [0.29, 0.717) is 16.9 Å². The van der Waals surface area contributed by atoms with E-state index in [2.05, 4.69) is 44.2 Å². The average molecular weight is 496 g/mol. The fourth-order valence-corrected chi connectivity index (χ4v) is 4.60. The Bertz CT molecular complexity index is 1140. The lowest BCUT2D eigenvalue weighted by Gasteiger charge is -2.09. The summed E-state index contributed by atoms with van der Waals surface area (Å²) in [5.41, 5.74) is 5.54. The van der Waals surface area contributed by atoms with E-state index in [9.17, 15) is 10.1 Å². The predicted octanol–water partition coefficient (Wildman–Crippen LogP) is 9.47. The standard InChI is InChI=1S/C34H41NO2/c1-3-5-7-8-9-10-12-14-28-17-24-33(32(25-28)26-35)37-34(36)31-22-20-30(21-23-31)29-18-15-27(16-19-29)13-11-6-4-2/h15-25H,3-14H2,1-2H3. The highest BCUT2D eigenvalue weighted by atomic mass is 16.5. The summed E-state index contributed by atoms with van der Waals surface area (Å²) in [5, 5.41) is 9.62. The first-order chi connectivity index (χ1) is 18.1. The Labute approximate surface area is 223 Å². The molecule has 0 saturated heterocycles. The summed E-state index contributed by atoms with van der Waals surface area (Å²) in [4.78, 5) is 12.8. The lowest BCUT2D eigenvalue weighted by molar-refractivity contribution is 0.0734. The molecule has 194 valence electrons. The second-order valence-corrected chi connectivity index (χ2v) is 9.93. The van der Waals surface area contributed by atoms with Gasteiger partial charge >= 0.3 is 5.97 Å². The monoisotopic (exact) mass is 495 g/mol. The van der Waals surface area contributed by atoms with Gasteiger partial charge in [0.25, 0.3) is 0 Å². The van der Waals surface area contributed by atoms with Crippen molar-refractivity contribution < 1.29 is 9.53 Å². The van der Waals surface area contributed by atoms with Crippen LogP contribution in [0.4, 0.5) is 0 Å². The molecule has 0 fully saturated rings. The van der Waals surface area contributed by atoms with Crippen LogP contribution in [0.25, 0.3) is 11.1 Å². The molecule has 37 heavy (non-hydrogen) atoms. The maximum Gasteiger partial charge on any atom is 0.343 e. The van der Waals surface area contributed by atoms with Crippen molar-refractivity contribution in [2.45, 2.75) is 90.9 Å². The lowest BCUT2D eigenvalue weighted by atomic mass is 10.0. The maximum atomic E-state index is 12.8. The molecule has 0 bridgehead atoms. The summed E-state index contributed by atoms with van der Waals surface area (Å²) in [5.74, 6) is -0.132. The molecule has 0 N–H and O–H groups in total. The van der Waals surface area contributed by atoms with Gasteiger partial charge in [-0.05, 0) is 72.2 Å². The first-order valence-corrected chi connectivity index (χ1v) is 14.1. The number of carbonyl (C=O) groups excluding carboxylic acids is 1. The molecule has 3 rings (SSSR count). The first-order valence-electron chi connectivity index (χ1n) is 14.1. The van der Waals surface area contributed by atoms with E-state index >= 15 is 0 Å². The van der Waals surface area contributed by atoms with Crippen molar-refractivity contribution in [2.24, 2.45) is 0 Å². The highest BCUT2D eigenvalue weighted by Gasteiger charge is 2.13. The van der Waals surface area contributed by atoms with Crippen LogP contribution in [0.5, 0.6) is 5.75 Å². The number of nitrogens with zero attached hydrogens (tertiary/aromatic N) is 1. The van der Waals surface area contributed by atoms with Crippen LogP contribution in [0.1, 0.15) is 105 Å².